The summed E-state index contributed by atoms with van der Waals surface area (Å²) in [5.74, 6) is -0.808. The van der Waals surface area contributed by atoms with Crippen LogP contribution in [0.4, 0.5) is 0 Å². The van der Waals surface area contributed by atoms with Crippen LogP contribution in [0.2, 0.25) is 0 Å². The van der Waals surface area contributed by atoms with Crippen molar-refractivity contribution in [1.29, 1.82) is 0 Å². The minimum Gasteiger partial charge on any atom is -0.480 e. The van der Waals surface area contributed by atoms with Gasteiger partial charge >= 0.3 is 5.97 Å². The van der Waals surface area contributed by atoms with Crippen LogP contribution in [0.25, 0.3) is 0 Å². The first-order valence-electron chi connectivity index (χ1n) is 6.48. The maximum absolute atomic E-state index is 11.6. The van der Waals surface area contributed by atoms with Crippen molar-refractivity contribution in [2.45, 2.75) is 25.4 Å². The molecule has 2 rings (SSSR count). The van der Waals surface area contributed by atoms with Crippen LogP contribution in [0.3, 0.4) is 0 Å². The second kappa shape index (κ2) is 5.88. The number of sulfone groups is 1. The summed E-state index contributed by atoms with van der Waals surface area (Å²) in [7, 11) is -3.05. The quantitative estimate of drug-likeness (QED) is 0.861. The molecule has 2 unspecified atom stereocenters. The third kappa shape index (κ3) is 3.55. The molecule has 1 fully saturated rings. The molecule has 0 bridgehead atoms. The summed E-state index contributed by atoms with van der Waals surface area (Å²) in [6, 6.07) is 4.96. The van der Waals surface area contributed by atoms with Gasteiger partial charge in [-0.2, -0.15) is 0 Å². The molecule has 0 aromatic carbocycles. The van der Waals surface area contributed by atoms with Crippen LogP contribution in [0.15, 0.2) is 24.4 Å². The fourth-order valence-electron chi connectivity index (χ4n) is 2.57. The molecule has 1 aromatic rings. The third-order valence-corrected chi connectivity index (χ3v) is 5.36. The zero-order chi connectivity index (χ0) is 14.8. The van der Waals surface area contributed by atoms with Crippen molar-refractivity contribution >= 4 is 15.8 Å². The highest BCUT2D eigenvalue weighted by atomic mass is 32.2. The van der Waals surface area contributed by atoms with Crippen molar-refractivity contribution in [2.24, 2.45) is 0 Å². The van der Waals surface area contributed by atoms with E-state index in [1.54, 1.807) is 17.2 Å². The predicted molar refractivity (Wildman–Crippen MR) is 74.1 cm³/mol. The number of pyridine rings is 1. The van der Waals surface area contributed by atoms with Crippen LogP contribution in [0.1, 0.15) is 25.1 Å². The van der Waals surface area contributed by atoms with E-state index >= 15 is 0 Å². The molecule has 6 nitrogen and oxygen atoms in total. The third-order valence-electron chi connectivity index (χ3n) is 3.61. The topological polar surface area (TPSA) is 87.6 Å². The van der Waals surface area contributed by atoms with Crippen molar-refractivity contribution in [3.05, 3.63) is 30.1 Å². The van der Waals surface area contributed by atoms with Gasteiger partial charge in [-0.1, -0.05) is 6.07 Å². The number of aliphatic carboxylic acids is 1. The van der Waals surface area contributed by atoms with Gasteiger partial charge in [0.1, 0.15) is 0 Å². The summed E-state index contributed by atoms with van der Waals surface area (Å²) in [6.45, 7) is 1.67. The lowest BCUT2D eigenvalue weighted by Gasteiger charge is -2.32. The first-order valence-corrected chi connectivity index (χ1v) is 8.30. The highest BCUT2D eigenvalue weighted by molar-refractivity contribution is 7.91. The SMILES string of the molecule is CC(c1ccccn1)N(CC(=O)O)C1CCS(=O)(=O)C1. The summed E-state index contributed by atoms with van der Waals surface area (Å²) in [5.41, 5.74) is 0.748. The molecular formula is C13H18N2O4S. The van der Waals surface area contributed by atoms with Crippen molar-refractivity contribution in [3.8, 4) is 0 Å². The van der Waals surface area contributed by atoms with E-state index < -0.39 is 15.8 Å². The van der Waals surface area contributed by atoms with Crippen LogP contribution in [0, 0.1) is 0 Å². The van der Waals surface area contributed by atoms with Crippen LogP contribution in [-0.4, -0.2) is 53.5 Å². The average Bonchev–Trinajstić information content (AvgIpc) is 2.76. The van der Waals surface area contributed by atoms with Gasteiger partial charge in [0.15, 0.2) is 9.84 Å². The molecule has 1 aliphatic rings. The smallest absolute Gasteiger partial charge is 0.317 e. The van der Waals surface area contributed by atoms with E-state index in [-0.39, 0.29) is 30.1 Å². The number of carboxylic acids is 1. The molecule has 7 heteroatoms. The van der Waals surface area contributed by atoms with Crippen molar-refractivity contribution in [1.82, 2.24) is 9.88 Å². The van der Waals surface area contributed by atoms with Crippen molar-refractivity contribution in [2.75, 3.05) is 18.1 Å². The normalized spacial score (nSPS) is 22.8. The molecule has 2 heterocycles. The largest absolute Gasteiger partial charge is 0.480 e. The fourth-order valence-corrected chi connectivity index (χ4v) is 4.31. The Morgan fingerprint density at radius 3 is 2.80 bits per heavy atom. The summed E-state index contributed by atoms with van der Waals surface area (Å²) in [6.07, 6.45) is 2.13. The molecule has 0 aliphatic carbocycles. The molecule has 1 saturated heterocycles. The van der Waals surface area contributed by atoms with Gasteiger partial charge in [0, 0.05) is 12.2 Å². The minimum absolute atomic E-state index is 0.0253. The molecule has 0 saturated carbocycles. The minimum atomic E-state index is -3.05. The lowest BCUT2D eigenvalue weighted by Crippen LogP contribution is -2.41. The molecule has 1 aliphatic heterocycles. The summed E-state index contributed by atoms with van der Waals surface area (Å²) in [5, 5.41) is 9.06. The Balaban J connectivity index is 2.22. The van der Waals surface area contributed by atoms with E-state index in [0.717, 1.165) is 5.69 Å². The number of nitrogens with zero attached hydrogens (tertiary/aromatic N) is 2. The Morgan fingerprint density at radius 2 is 2.30 bits per heavy atom. The van der Waals surface area contributed by atoms with E-state index in [2.05, 4.69) is 4.98 Å². The number of carboxylic acid groups (broad SMARTS) is 1. The number of hydrogen-bond donors (Lipinski definition) is 1. The highest BCUT2D eigenvalue weighted by Crippen LogP contribution is 2.26. The van der Waals surface area contributed by atoms with Crippen LogP contribution in [-0.2, 0) is 14.6 Å². The maximum Gasteiger partial charge on any atom is 0.317 e. The van der Waals surface area contributed by atoms with E-state index in [1.807, 2.05) is 19.1 Å². The van der Waals surface area contributed by atoms with Crippen LogP contribution < -0.4 is 0 Å². The van der Waals surface area contributed by atoms with Gasteiger partial charge in [0.05, 0.1) is 29.8 Å². The van der Waals surface area contributed by atoms with E-state index in [1.165, 1.54) is 0 Å². The highest BCUT2D eigenvalue weighted by Gasteiger charge is 2.35. The van der Waals surface area contributed by atoms with Gasteiger partial charge in [-0.25, -0.2) is 8.42 Å². The first-order chi connectivity index (χ1) is 9.39. The molecule has 1 aromatic heterocycles. The average molecular weight is 298 g/mol. The summed E-state index contributed by atoms with van der Waals surface area (Å²) in [4.78, 5) is 17.0. The Labute approximate surface area is 118 Å². The Bertz CT molecular complexity index is 573. The zero-order valence-electron chi connectivity index (χ0n) is 11.3. The van der Waals surface area contributed by atoms with E-state index in [4.69, 9.17) is 5.11 Å². The number of rotatable bonds is 5. The van der Waals surface area contributed by atoms with Crippen LogP contribution >= 0.6 is 0 Å². The lowest BCUT2D eigenvalue weighted by atomic mass is 10.1. The molecule has 2 atom stereocenters. The standard InChI is InChI=1S/C13H18N2O4S/c1-10(12-4-2-3-6-14-12)15(8-13(16)17)11-5-7-20(18,19)9-11/h2-4,6,10-11H,5,7-9H2,1H3,(H,16,17). The van der Waals surface area contributed by atoms with Gasteiger partial charge in [-0.15, -0.1) is 0 Å². The fraction of sp³-hybridized carbons (Fsp3) is 0.538. The summed E-state index contributed by atoms with van der Waals surface area (Å²) >= 11 is 0. The van der Waals surface area contributed by atoms with Gasteiger partial charge in [-0.05, 0) is 25.5 Å². The maximum atomic E-state index is 11.6. The Kier molecular flexibility index (Phi) is 4.39. The van der Waals surface area contributed by atoms with Gasteiger partial charge in [0.2, 0.25) is 0 Å². The zero-order valence-corrected chi connectivity index (χ0v) is 12.1. The second-order valence-corrected chi connectivity index (χ2v) is 7.28. The van der Waals surface area contributed by atoms with Crippen LogP contribution in [0.5, 0.6) is 0 Å². The van der Waals surface area contributed by atoms with Gasteiger partial charge < -0.3 is 5.11 Å². The monoisotopic (exact) mass is 298 g/mol. The van der Waals surface area contributed by atoms with E-state index in [9.17, 15) is 13.2 Å². The molecule has 0 radical (unpaired) electrons. The van der Waals surface area contributed by atoms with Gasteiger partial charge in [0.25, 0.3) is 0 Å². The van der Waals surface area contributed by atoms with Crippen molar-refractivity contribution in [3.63, 3.8) is 0 Å². The van der Waals surface area contributed by atoms with Gasteiger partial charge in [-0.3, -0.25) is 14.7 Å². The molecule has 1 N–H and O–H groups in total. The second-order valence-electron chi connectivity index (χ2n) is 5.05. The molecule has 0 amide bonds. The number of hydrogen-bond acceptors (Lipinski definition) is 5. The first kappa shape index (κ1) is 14.9. The Hall–Kier alpha value is -1.47. The number of carbonyl (C=O) groups is 1. The lowest BCUT2D eigenvalue weighted by molar-refractivity contribution is -0.139. The molecule has 20 heavy (non-hydrogen) atoms. The Morgan fingerprint density at radius 1 is 1.55 bits per heavy atom. The molecular weight excluding hydrogens is 280 g/mol. The van der Waals surface area contributed by atoms with E-state index in [0.29, 0.717) is 6.42 Å². The molecule has 0 spiro atoms. The predicted octanol–water partition coefficient (Wildman–Crippen LogP) is 0.716. The van der Waals surface area contributed by atoms with Crippen molar-refractivity contribution < 1.29 is 18.3 Å². The number of aromatic nitrogens is 1. The molecule has 110 valence electrons. The summed E-state index contributed by atoms with van der Waals surface area (Å²) < 4.78 is 23.2.